The van der Waals surface area contributed by atoms with Gasteiger partial charge in [-0.25, -0.2) is 14.1 Å². The topological polar surface area (TPSA) is 142 Å². The van der Waals surface area contributed by atoms with Gasteiger partial charge >= 0.3 is 6.55 Å². The van der Waals surface area contributed by atoms with E-state index in [1.54, 1.807) is 13.0 Å². The van der Waals surface area contributed by atoms with Crippen molar-refractivity contribution in [3.63, 3.8) is 0 Å². The number of methoxy groups -OCH3 is 1. The molecule has 1 saturated carbocycles. The lowest BCUT2D eigenvalue weighted by Gasteiger charge is -2.30. The molecule has 0 aliphatic heterocycles. The predicted octanol–water partition coefficient (Wildman–Crippen LogP) is 4.10. The van der Waals surface area contributed by atoms with Crippen LogP contribution in [0, 0.1) is 11.7 Å². The van der Waals surface area contributed by atoms with Crippen molar-refractivity contribution in [1.82, 2.24) is 20.1 Å². The Balaban J connectivity index is 1.52. The zero-order chi connectivity index (χ0) is 30.9. The highest BCUT2D eigenvalue weighted by atomic mass is 19.3. The van der Waals surface area contributed by atoms with Crippen molar-refractivity contribution in [3.8, 4) is 22.8 Å². The normalized spacial score (nSPS) is 14.5. The maximum absolute atomic E-state index is 13.7. The third-order valence-electron chi connectivity index (χ3n) is 7.31. The molecule has 4 N–H and O–H groups in total. The zero-order valence-electron chi connectivity index (χ0n) is 23.4. The maximum atomic E-state index is 13.7. The summed E-state index contributed by atoms with van der Waals surface area (Å²) in [6.07, 6.45) is 2.22. The highest BCUT2D eigenvalue weighted by Crippen LogP contribution is 2.47. The smallest absolute Gasteiger partial charge is 0.333 e. The summed E-state index contributed by atoms with van der Waals surface area (Å²) in [7, 11) is 1.34. The van der Waals surface area contributed by atoms with Gasteiger partial charge in [0.15, 0.2) is 0 Å². The molecule has 2 aromatic heterocycles. The van der Waals surface area contributed by atoms with E-state index in [2.05, 4.69) is 10.4 Å². The molecular weight excluding hydrogens is 567 g/mol. The van der Waals surface area contributed by atoms with Crippen LogP contribution < -0.4 is 20.5 Å². The second kappa shape index (κ2) is 11.9. The molecule has 0 saturated heterocycles. The molecule has 13 heteroatoms. The van der Waals surface area contributed by atoms with Crippen LogP contribution in [0.4, 0.5) is 13.2 Å². The van der Waals surface area contributed by atoms with Gasteiger partial charge in [-0.1, -0.05) is 0 Å². The number of aromatic nitrogens is 3. The van der Waals surface area contributed by atoms with E-state index in [1.807, 2.05) is 0 Å². The number of nitrogens with two attached hydrogens (primary N) is 1. The molecule has 0 radical (unpaired) electrons. The number of hydrogen-bond donors (Lipinski definition) is 3. The molecule has 10 nitrogen and oxygen atoms in total. The number of carbonyl (C=O) groups excluding carboxylic acids is 2. The monoisotopic (exact) mass is 597 g/mol. The maximum Gasteiger partial charge on any atom is 0.333 e. The number of pyridine rings is 1. The van der Waals surface area contributed by atoms with E-state index in [0.717, 1.165) is 6.20 Å². The van der Waals surface area contributed by atoms with Crippen molar-refractivity contribution in [2.45, 2.75) is 38.3 Å². The predicted molar refractivity (Wildman–Crippen MR) is 150 cm³/mol. The van der Waals surface area contributed by atoms with Gasteiger partial charge in [0, 0.05) is 28.3 Å². The summed E-state index contributed by atoms with van der Waals surface area (Å²) in [5, 5.41) is 18.9. The van der Waals surface area contributed by atoms with Crippen molar-refractivity contribution in [2.24, 2.45) is 11.7 Å². The standard InChI is InChI=1S/C30H30F3N5O5/c1-3-43-27-17(13-24(34)39)12-23(36-26(27)16-4-8-21(31)9-5-16)30(41,20-6-7-20)15-35-28(40)18-10-19-14-38(29(32)33)37-25(19)22(11-18)42-2/h4-5,8-12,14,20,29,41H,3,6-7,13,15H2,1-2H3,(H2,34,39)(H,35,40)/t30-/m1/s1. The van der Waals surface area contributed by atoms with Crippen LogP contribution in [-0.2, 0) is 16.8 Å². The highest BCUT2D eigenvalue weighted by molar-refractivity contribution is 5.99. The van der Waals surface area contributed by atoms with Gasteiger partial charge in [0.05, 0.1) is 32.4 Å². The summed E-state index contributed by atoms with van der Waals surface area (Å²) in [6.45, 7) is -1.12. The van der Waals surface area contributed by atoms with Crippen LogP contribution in [-0.4, -0.2) is 51.9 Å². The first-order valence-corrected chi connectivity index (χ1v) is 13.6. The average molecular weight is 598 g/mol. The summed E-state index contributed by atoms with van der Waals surface area (Å²) >= 11 is 0. The van der Waals surface area contributed by atoms with Gasteiger partial charge in [-0.2, -0.15) is 13.9 Å². The molecule has 0 bridgehead atoms. The van der Waals surface area contributed by atoms with E-state index in [0.29, 0.717) is 28.7 Å². The first-order valence-electron chi connectivity index (χ1n) is 13.6. The Morgan fingerprint density at radius 2 is 1.93 bits per heavy atom. The summed E-state index contributed by atoms with van der Waals surface area (Å²) in [6, 6.07) is 9.87. The Morgan fingerprint density at radius 1 is 1.21 bits per heavy atom. The number of nitrogens with zero attached hydrogens (tertiary/aromatic N) is 3. The molecule has 4 aromatic rings. The van der Waals surface area contributed by atoms with E-state index >= 15 is 0 Å². The molecule has 2 aromatic carbocycles. The highest BCUT2D eigenvalue weighted by Gasteiger charge is 2.47. The van der Waals surface area contributed by atoms with Crippen molar-refractivity contribution in [3.05, 3.63) is 71.3 Å². The number of rotatable bonds is 12. The van der Waals surface area contributed by atoms with E-state index in [9.17, 15) is 27.9 Å². The Bertz CT molecular complexity index is 1670. The molecule has 5 rings (SSSR count). The number of alkyl halides is 2. The van der Waals surface area contributed by atoms with Crippen LogP contribution in [0.15, 0.2) is 48.7 Å². The van der Waals surface area contributed by atoms with E-state index in [1.165, 1.54) is 43.5 Å². The summed E-state index contributed by atoms with van der Waals surface area (Å²) in [4.78, 5) is 30.0. The minimum absolute atomic E-state index is 0.109. The summed E-state index contributed by atoms with van der Waals surface area (Å²) in [5.41, 5.74) is 5.49. The van der Waals surface area contributed by atoms with Gasteiger partial charge in [0.25, 0.3) is 5.91 Å². The number of aliphatic hydroxyl groups is 1. The number of nitrogens with one attached hydrogen (secondary N) is 1. The fraction of sp³-hybridized carbons (Fsp3) is 0.333. The molecule has 2 heterocycles. The van der Waals surface area contributed by atoms with E-state index < -0.39 is 29.8 Å². The lowest BCUT2D eigenvalue weighted by Crippen LogP contribution is -2.43. The summed E-state index contributed by atoms with van der Waals surface area (Å²) in [5.74, 6) is -1.53. The Labute approximate surface area is 244 Å². The Hall–Kier alpha value is -4.65. The van der Waals surface area contributed by atoms with Crippen LogP contribution in [0.3, 0.4) is 0 Å². The van der Waals surface area contributed by atoms with Gasteiger partial charge in [0.1, 0.15) is 34.1 Å². The lowest BCUT2D eigenvalue weighted by molar-refractivity contribution is -0.117. The number of halogens is 3. The Morgan fingerprint density at radius 3 is 2.53 bits per heavy atom. The fourth-order valence-electron chi connectivity index (χ4n) is 5.07. The molecule has 1 fully saturated rings. The average Bonchev–Trinajstić information content (AvgIpc) is 3.75. The van der Waals surface area contributed by atoms with Crippen LogP contribution in [0.25, 0.3) is 22.2 Å². The lowest BCUT2D eigenvalue weighted by atomic mass is 9.90. The van der Waals surface area contributed by atoms with Gasteiger partial charge in [-0.3, -0.25) is 9.59 Å². The summed E-state index contributed by atoms with van der Waals surface area (Å²) < 4.78 is 51.8. The molecule has 0 unspecified atom stereocenters. The second-order valence-corrected chi connectivity index (χ2v) is 10.3. The Kier molecular flexibility index (Phi) is 8.27. The van der Waals surface area contributed by atoms with Gasteiger partial charge in [0.2, 0.25) is 5.91 Å². The minimum Gasteiger partial charge on any atom is -0.494 e. The van der Waals surface area contributed by atoms with Crippen molar-refractivity contribution in [1.29, 1.82) is 0 Å². The van der Waals surface area contributed by atoms with Gasteiger partial charge < -0.3 is 25.6 Å². The van der Waals surface area contributed by atoms with Crippen LogP contribution in [0.5, 0.6) is 11.5 Å². The van der Waals surface area contributed by atoms with Crippen molar-refractivity contribution < 1.29 is 37.3 Å². The number of ether oxygens (including phenoxy) is 2. The quantitative estimate of drug-likeness (QED) is 0.223. The second-order valence-electron chi connectivity index (χ2n) is 10.3. The number of benzene rings is 2. The third-order valence-corrected chi connectivity index (χ3v) is 7.31. The largest absolute Gasteiger partial charge is 0.494 e. The zero-order valence-corrected chi connectivity index (χ0v) is 23.4. The molecule has 1 aliphatic carbocycles. The first-order chi connectivity index (χ1) is 20.5. The van der Waals surface area contributed by atoms with Crippen molar-refractivity contribution >= 4 is 22.7 Å². The van der Waals surface area contributed by atoms with E-state index in [4.69, 9.17) is 20.2 Å². The first kappa shape index (κ1) is 29.8. The van der Waals surface area contributed by atoms with Gasteiger partial charge in [-0.15, -0.1) is 0 Å². The molecule has 1 atom stereocenters. The van der Waals surface area contributed by atoms with Crippen LogP contribution >= 0.6 is 0 Å². The third kappa shape index (κ3) is 6.12. The van der Waals surface area contributed by atoms with Crippen molar-refractivity contribution in [2.75, 3.05) is 20.3 Å². The fourth-order valence-corrected chi connectivity index (χ4v) is 5.07. The molecular formula is C30H30F3N5O5. The van der Waals surface area contributed by atoms with E-state index in [-0.39, 0.29) is 64.8 Å². The number of primary amides is 1. The molecule has 1 aliphatic rings. The van der Waals surface area contributed by atoms with Gasteiger partial charge in [-0.05, 0) is 68.1 Å². The molecule has 226 valence electrons. The minimum atomic E-state index is -2.87. The number of fused-ring (bicyclic) bond motifs is 1. The molecule has 43 heavy (non-hydrogen) atoms. The number of carbonyl (C=O) groups is 2. The molecule has 2 amide bonds. The number of amides is 2. The SMILES string of the molecule is CCOc1c(CC(N)=O)cc([C@@](O)(CNC(=O)c2cc(OC)c3nn(C(F)F)cc3c2)C2CC2)nc1-c1ccc(F)cc1. The number of hydrogen-bond acceptors (Lipinski definition) is 7. The van der Waals surface area contributed by atoms with Crippen LogP contribution in [0.2, 0.25) is 0 Å². The molecule has 0 spiro atoms. The van der Waals surface area contributed by atoms with Crippen LogP contribution in [0.1, 0.15) is 47.9 Å².